The van der Waals surface area contributed by atoms with Crippen LogP contribution in [0.25, 0.3) is 10.9 Å². The van der Waals surface area contributed by atoms with Gasteiger partial charge in [0.15, 0.2) is 0 Å². The van der Waals surface area contributed by atoms with Gasteiger partial charge in [-0.1, -0.05) is 11.6 Å². The number of amides is 1. The molecule has 1 amide bonds. The average Bonchev–Trinajstić information content (AvgIpc) is 3.08. The van der Waals surface area contributed by atoms with E-state index in [1.807, 2.05) is 24.0 Å². The van der Waals surface area contributed by atoms with Crippen LogP contribution in [0.2, 0.25) is 5.02 Å². The van der Waals surface area contributed by atoms with Crippen LogP contribution < -0.4 is 0 Å². The van der Waals surface area contributed by atoms with Crippen molar-refractivity contribution in [2.45, 2.75) is 39.2 Å². The normalized spacial score (nSPS) is 20.9. The molecule has 0 bridgehead atoms. The maximum absolute atomic E-state index is 13.1. The molecule has 1 aromatic heterocycles. The van der Waals surface area contributed by atoms with Gasteiger partial charge in [-0.25, -0.2) is 0 Å². The van der Waals surface area contributed by atoms with E-state index in [0.29, 0.717) is 13.2 Å². The van der Waals surface area contributed by atoms with E-state index in [9.17, 15) is 9.59 Å². The van der Waals surface area contributed by atoms with Gasteiger partial charge < -0.3 is 14.2 Å². The second kappa shape index (κ2) is 9.61. The number of carbonyl (C=O) groups is 2. The van der Waals surface area contributed by atoms with Crippen molar-refractivity contribution in [3.05, 3.63) is 35.0 Å². The summed E-state index contributed by atoms with van der Waals surface area (Å²) in [4.78, 5) is 29.5. The van der Waals surface area contributed by atoms with Crippen molar-refractivity contribution < 1.29 is 14.3 Å². The van der Waals surface area contributed by atoms with Crippen LogP contribution >= 0.6 is 11.6 Å². The third kappa shape index (κ3) is 4.90. The first-order chi connectivity index (χ1) is 15.0. The number of hydrogen-bond donors (Lipinski definition) is 0. The molecule has 2 aromatic rings. The Morgan fingerprint density at radius 1 is 1.13 bits per heavy atom. The van der Waals surface area contributed by atoms with Crippen LogP contribution in [-0.2, 0) is 27.9 Å². The zero-order valence-corrected chi connectivity index (χ0v) is 19.2. The fourth-order valence-electron chi connectivity index (χ4n) is 5.04. The lowest BCUT2D eigenvalue weighted by atomic mass is 9.92. The number of nitrogens with zero attached hydrogens (tertiary/aromatic N) is 3. The molecule has 4 rings (SSSR count). The van der Waals surface area contributed by atoms with Crippen LogP contribution in [0.4, 0.5) is 0 Å². The lowest BCUT2D eigenvalue weighted by Gasteiger charge is -2.37. The van der Waals surface area contributed by atoms with Gasteiger partial charge in [-0.15, -0.1) is 0 Å². The highest BCUT2D eigenvalue weighted by Crippen LogP contribution is 2.28. The van der Waals surface area contributed by atoms with Crippen LogP contribution in [0.1, 0.15) is 38.2 Å². The highest BCUT2D eigenvalue weighted by atomic mass is 35.5. The number of fused-ring (bicyclic) bond motifs is 1. The monoisotopic (exact) mass is 445 g/mol. The maximum atomic E-state index is 13.1. The van der Waals surface area contributed by atoms with Gasteiger partial charge in [0.2, 0.25) is 5.91 Å². The average molecular weight is 446 g/mol. The number of halogens is 1. The number of aryl methyl sites for hydroxylation is 1. The maximum Gasteiger partial charge on any atom is 0.310 e. The number of likely N-dealkylation sites (tertiary alicyclic amines) is 2. The van der Waals surface area contributed by atoms with Crippen molar-refractivity contribution in [1.29, 1.82) is 0 Å². The Morgan fingerprint density at radius 2 is 1.90 bits per heavy atom. The van der Waals surface area contributed by atoms with Gasteiger partial charge in [0.1, 0.15) is 0 Å². The van der Waals surface area contributed by atoms with Crippen molar-refractivity contribution in [3.8, 4) is 0 Å². The molecule has 1 atom stereocenters. The number of benzene rings is 1. The predicted molar refractivity (Wildman–Crippen MR) is 122 cm³/mol. The van der Waals surface area contributed by atoms with E-state index < -0.39 is 0 Å². The standard InChI is InChI=1S/C24H32ClN3O3/c1-3-31-24(30)18-5-4-10-28(16-18)23(29)17-8-11-27(12-9-17)15-19-14-26(2)22-7-6-20(25)13-21(19)22/h6-7,13-14,17-18H,3-5,8-12,15-16H2,1-2H3/t18-/m1/s1. The molecule has 2 fully saturated rings. The van der Waals surface area contributed by atoms with Gasteiger partial charge in [-0.2, -0.15) is 0 Å². The van der Waals surface area contributed by atoms with E-state index in [2.05, 4.69) is 28.8 Å². The fraction of sp³-hybridized carbons (Fsp3) is 0.583. The SMILES string of the molecule is CCOC(=O)[C@@H]1CCCN(C(=O)C2CCN(Cc3cn(C)c4ccc(Cl)cc34)CC2)C1. The summed E-state index contributed by atoms with van der Waals surface area (Å²) in [5.74, 6) is -0.0642. The third-order valence-corrected chi connectivity index (χ3v) is 6.95. The summed E-state index contributed by atoms with van der Waals surface area (Å²) >= 11 is 6.22. The molecule has 168 valence electrons. The topological polar surface area (TPSA) is 54.8 Å². The zero-order chi connectivity index (χ0) is 22.0. The zero-order valence-electron chi connectivity index (χ0n) is 18.5. The van der Waals surface area contributed by atoms with Crippen LogP contribution in [0.3, 0.4) is 0 Å². The highest BCUT2D eigenvalue weighted by molar-refractivity contribution is 6.31. The number of aromatic nitrogens is 1. The predicted octanol–water partition coefficient (Wildman–Crippen LogP) is 3.85. The van der Waals surface area contributed by atoms with E-state index >= 15 is 0 Å². The Labute approximate surface area is 189 Å². The molecule has 0 saturated carbocycles. The van der Waals surface area contributed by atoms with E-state index in [-0.39, 0.29) is 23.7 Å². The summed E-state index contributed by atoms with van der Waals surface area (Å²) in [6.07, 6.45) is 5.60. The molecule has 7 heteroatoms. The minimum absolute atomic E-state index is 0.0548. The number of ether oxygens (including phenoxy) is 1. The van der Waals surface area contributed by atoms with Gasteiger partial charge in [0.05, 0.1) is 12.5 Å². The van der Waals surface area contributed by atoms with Crippen LogP contribution in [0, 0.1) is 11.8 Å². The van der Waals surface area contributed by atoms with Gasteiger partial charge >= 0.3 is 5.97 Å². The van der Waals surface area contributed by atoms with Crippen molar-refractivity contribution in [2.75, 3.05) is 32.8 Å². The molecule has 0 radical (unpaired) electrons. The van der Waals surface area contributed by atoms with Crippen molar-refractivity contribution >= 4 is 34.4 Å². The summed E-state index contributed by atoms with van der Waals surface area (Å²) in [6.45, 7) is 6.16. The van der Waals surface area contributed by atoms with Gasteiger partial charge in [-0.3, -0.25) is 14.5 Å². The second-order valence-corrected chi connectivity index (χ2v) is 9.29. The van der Waals surface area contributed by atoms with E-state index in [1.165, 1.54) is 16.5 Å². The second-order valence-electron chi connectivity index (χ2n) is 8.85. The number of carbonyl (C=O) groups excluding carboxylic acids is 2. The first kappa shape index (κ1) is 22.2. The number of rotatable bonds is 5. The largest absolute Gasteiger partial charge is 0.466 e. The molecule has 31 heavy (non-hydrogen) atoms. The van der Waals surface area contributed by atoms with E-state index in [0.717, 1.165) is 56.9 Å². The molecule has 0 aliphatic carbocycles. The number of hydrogen-bond acceptors (Lipinski definition) is 4. The summed E-state index contributed by atoms with van der Waals surface area (Å²) < 4.78 is 7.32. The molecule has 0 unspecified atom stereocenters. The molecule has 6 nitrogen and oxygen atoms in total. The van der Waals surface area contributed by atoms with Crippen molar-refractivity contribution in [2.24, 2.45) is 18.9 Å². The number of esters is 1. The summed E-state index contributed by atoms with van der Waals surface area (Å²) in [5.41, 5.74) is 2.46. The molecule has 1 aromatic carbocycles. The van der Waals surface area contributed by atoms with Crippen molar-refractivity contribution in [1.82, 2.24) is 14.4 Å². The number of piperidine rings is 2. The smallest absolute Gasteiger partial charge is 0.310 e. The van der Waals surface area contributed by atoms with E-state index in [1.54, 1.807) is 0 Å². The minimum atomic E-state index is -0.170. The van der Waals surface area contributed by atoms with Crippen molar-refractivity contribution in [3.63, 3.8) is 0 Å². The molecule has 2 saturated heterocycles. The summed E-state index contributed by atoms with van der Waals surface area (Å²) in [6, 6.07) is 6.03. The highest BCUT2D eigenvalue weighted by Gasteiger charge is 2.34. The fourth-order valence-corrected chi connectivity index (χ4v) is 5.21. The molecule has 2 aliphatic heterocycles. The summed E-state index contributed by atoms with van der Waals surface area (Å²) in [7, 11) is 2.06. The van der Waals surface area contributed by atoms with Crippen LogP contribution in [0.15, 0.2) is 24.4 Å². The van der Waals surface area contributed by atoms with Gasteiger partial charge in [-0.05, 0) is 69.5 Å². The Hall–Kier alpha value is -2.05. The third-order valence-electron chi connectivity index (χ3n) is 6.72. The van der Waals surface area contributed by atoms with Gasteiger partial charge in [0.25, 0.3) is 0 Å². The Bertz CT molecular complexity index is 949. The Morgan fingerprint density at radius 3 is 2.65 bits per heavy atom. The minimum Gasteiger partial charge on any atom is -0.466 e. The lowest BCUT2D eigenvalue weighted by molar-refractivity contribution is -0.152. The van der Waals surface area contributed by atoms with Gasteiger partial charge in [0, 0.05) is 54.7 Å². The molecule has 0 spiro atoms. The molecule has 3 heterocycles. The van der Waals surface area contributed by atoms with Crippen LogP contribution in [0.5, 0.6) is 0 Å². The molecular weight excluding hydrogens is 414 g/mol. The lowest BCUT2D eigenvalue weighted by Crippen LogP contribution is -2.47. The first-order valence-corrected chi connectivity index (χ1v) is 11.7. The molecule has 0 N–H and O–H groups in total. The van der Waals surface area contributed by atoms with E-state index in [4.69, 9.17) is 16.3 Å². The quantitative estimate of drug-likeness (QED) is 0.656. The Kier molecular flexibility index (Phi) is 6.87. The first-order valence-electron chi connectivity index (χ1n) is 11.4. The molecular formula is C24H32ClN3O3. The molecule has 2 aliphatic rings. The van der Waals surface area contributed by atoms with Crippen LogP contribution in [-0.4, -0.2) is 59.0 Å². The summed E-state index contributed by atoms with van der Waals surface area (Å²) in [5, 5.41) is 1.96. The Balaban J connectivity index is 1.33.